The molecule has 0 bridgehead atoms. The summed E-state index contributed by atoms with van der Waals surface area (Å²) in [7, 11) is 0. The van der Waals surface area contributed by atoms with E-state index in [1.807, 2.05) is 0 Å². The van der Waals surface area contributed by atoms with E-state index in [0.29, 0.717) is 35.4 Å². The average Bonchev–Trinajstić information content (AvgIpc) is 3.46. The SMILES string of the molecule is O=C(c1cnn2c(-c3cnc(-c4nnc(C(F)(F)F)o4)c(F)c3)cccc12)N1CCCCC1. The van der Waals surface area contributed by atoms with Crippen LogP contribution < -0.4 is 0 Å². The van der Waals surface area contributed by atoms with Crippen molar-refractivity contribution in [2.45, 2.75) is 25.4 Å². The number of carbonyl (C=O) groups excluding carboxylic acids is 1. The molecule has 5 rings (SSSR count). The number of likely N-dealkylation sites (tertiary alicyclic amines) is 1. The van der Waals surface area contributed by atoms with Crippen LogP contribution in [0.2, 0.25) is 0 Å². The second-order valence-electron chi connectivity index (χ2n) is 7.58. The summed E-state index contributed by atoms with van der Waals surface area (Å²) in [5.41, 5.74) is 1.24. The van der Waals surface area contributed by atoms with Gasteiger partial charge in [-0.2, -0.15) is 18.3 Å². The molecule has 4 aromatic heterocycles. The molecule has 1 aliphatic heterocycles. The number of pyridine rings is 2. The van der Waals surface area contributed by atoms with Gasteiger partial charge in [-0.25, -0.2) is 13.9 Å². The molecule has 8 nitrogen and oxygen atoms in total. The smallest absolute Gasteiger partial charge is 0.411 e. The number of piperidine rings is 1. The Morgan fingerprint density at radius 3 is 2.55 bits per heavy atom. The van der Waals surface area contributed by atoms with Crippen LogP contribution in [0.5, 0.6) is 0 Å². The Kier molecular flexibility index (Phi) is 5.06. The van der Waals surface area contributed by atoms with Gasteiger partial charge in [0.15, 0.2) is 11.5 Å². The number of amides is 1. The van der Waals surface area contributed by atoms with Gasteiger partial charge in [0.2, 0.25) is 0 Å². The largest absolute Gasteiger partial charge is 0.470 e. The summed E-state index contributed by atoms with van der Waals surface area (Å²) in [4.78, 5) is 18.6. The standard InChI is InChI=1S/C21H16F4N6O2/c22-14-9-12(10-26-17(14)18-28-29-20(33-18)21(23,24)25)15-5-4-6-16-13(11-27-31(15)16)19(32)30-7-2-1-3-8-30/h4-6,9-11H,1-3,7-8H2. The summed E-state index contributed by atoms with van der Waals surface area (Å²) in [5.74, 6) is -3.33. The van der Waals surface area contributed by atoms with Crippen LogP contribution in [0.25, 0.3) is 28.4 Å². The van der Waals surface area contributed by atoms with E-state index in [9.17, 15) is 22.4 Å². The van der Waals surface area contributed by atoms with Gasteiger partial charge in [-0.3, -0.25) is 4.79 Å². The van der Waals surface area contributed by atoms with Gasteiger partial charge in [-0.1, -0.05) is 6.07 Å². The highest BCUT2D eigenvalue weighted by atomic mass is 19.4. The van der Waals surface area contributed by atoms with Gasteiger partial charge in [0, 0.05) is 24.8 Å². The number of hydrogen-bond donors (Lipinski definition) is 0. The van der Waals surface area contributed by atoms with Gasteiger partial charge in [0.1, 0.15) is 0 Å². The lowest BCUT2D eigenvalue weighted by Gasteiger charge is -2.26. The van der Waals surface area contributed by atoms with Crippen LogP contribution in [0.15, 0.2) is 41.1 Å². The molecule has 0 unspecified atom stereocenters. The quantitative estimate of drug-likeness (QED) is 0.425. The van der Waals surface area contributed by atoms with Crippen molar-refractivity contribution in [2.75, 3.05) is 13.1 Å². The fourth-order valence-corrected chi connectivity index (χ4v) is 3.83. The highest BCUT2D eigenvalue weighted by Gasteiger charge is 2.38. The van der Waals surface area contributed by atoms with Crippen molar-refractivity contribution in [3.05, 3.63) is 53.9 Å². The number of aromatic nitrogens is 5. The van der Waals surface area contributed by atoms with E-state index in [4.69, 9.17) is 0 Å². The van der Waals surface area contributed by atoms with Crippen molar-refractivity contribution in [3.63, 3.8) is 0 Å². The van der Waals surface area contributed by atoms with E-state index < -0.39 is 29.5 Å². The van der Waals surface area contributed by atoms with Gasteiger partial charge in [-0.15, -0.1) is 10.2 Å². The molecule has 0 N–H and O–H groups in total. The van der Waals surface area contributed by atoms with Crippen molar-refractivity contribution in [1.29, 1.82) is 0 Å². The molecular weight excluding hydrogens is 444 g/mol. The zero-order valence-corrected chi connectivity index (χ0v) is 17.0. The molecule has 0 atom stereocenters. The molecule has 1 saturated heterocycles. The highest BCUT2D eigenvalue weighted by molar-refractivity contribution is 6.01. The normalized spacial score (nSPS) is 14.7. The summed E-state index contributed by atoms with van der Waals surface area (Å²) < 4.78 is 58.8. The zero-order chi connectivity index (χ0) is 23.2. The first-order valence-corrected chi connectivity index (χ1v) is 10.2. The van der Waals surface area contributed by atoms with Crippen LogP contribution in [0.1, 0.15) is 35.5 Å². The Balaban J connectivity index is 1.49. The highest BCUT2D eigenvalue weighted by Crippen LogP contribution is 2.31. The number of rotatable bonds is 3. The molecule has 0 aromatic carbocycles. The molecule has 1 fully saturated rings. The van der Waals surface area contributed by atoms with Crippen LogP contribution >= 0.6 is 0 Å². The fourth-order valence-electron chi connectivity index (χ4n) is 3.83. The maximum Gasteiger partial charge on any atom is 0.470 e. The molecule has 12 heteroatoms. The number of nitrogens with zero attached hydrogens (tertiary/aromatic N) is 6. The van der Waals surface area contributed by atoms with E-state index in [1.54, 1.807) is 23.1 Å². The number of fused-ring (bicyclic) bond motifs is 1. The Morgan fingerprint density at radius 1 is 1.06 bits per heavy atom. The third-order valence-electron chi connectivity index (χ3n) is 5.42. The van der Waals surface area contributed by atoms with Crippen LogP contribution in [-0.4, -0.2) is 48.7 Å². The van der Waals surface area contributed by atoms with Gasteiger partial charge in [0.25, 0.3) is 11.8 Å². The predicted molar refractivity (Wildman–Crippen MR) is 106 cm³/mol. The molecule has 4 aromatic rings. The van der Waals surface area contributed by atoms with Crippen molar-refractivity contribution >= 4 is 11.4 Å². The molecule has 0 radical (unpaired) electrons. The number of hydrogen-bond acceptors (Lipinski definition) is 6. The Morgan fingerprint density at radius 2 is 1.85 bits per heavy atom. The van der Waals surface area contributed by atoms with E-state index in [-0.39, 0.29) is 5.91 Å². The van der Waals surface area contributed by atoms with Crippen LogP contribution in [0.3, 0.4) is 0 Å². The third kappa shape index (κ3) is 3.81. The monoisotopic (exact) mass is 460 g/mol. The second-order valence-corrected chi connectivity index (χ2v) is 7.58. The Labute approximate surface area is 183 Å². The minimum Gasteiger partial charge on any atom is -0.411 e. The summed E-state index contributed by atoms with van der Waals surface area (Å²) in [5, 5.41) is 10.4. The summed E-state index contributed by atoms with van der Waals surface area (Å²) in [6, 6.07) is 6.20. The Bertz CT molecular complexity index is 1340. The lowest BCUT2D eigenvalue weighted by atomic mass is 10.1. The van der Waals surface area contributed by atoms with Crippen molar-refractivity contribution < 1.29 is 26.8 Å². The van der Waals surface area contributed by atoms with E-state index in [2.05, 4.69) is 24.7 Å². The number of halogens is 4. The molecule has 5 heterocycles. The summed E-state index contributed by atoms with van der Waals surface area (Å²) >= 11 is 0. The molecular formula is C21H16F4N6O2. The molecule has 0 saturated carbocycles. The predicted octanol–water partition coefficient (Wildman–Crippen LogP) is 4.23. The molecule has 170 valence electrons. The van der Waals surface area contributed by atoms with Gasteiger partial charge < -0.3 is 9.32 Å². The first-order valence-electron chi connectivity index (χ1n) is 10.2. The molecule has 33 heavy (non-hydrogen) atoms. The average molecular weight is 460 g/mol. The molecule has 0 aliphatic carbocycles. The zero-order valence-electron chi connectivity index (χ0n) is 17.0. The van der Waals surface area contributed by atoms with Crippen LogP contribution in [-0.2, 0) is 6.18 Å². The molecule has 1 amide bonds. The van der Waals surface area contributed by atoms with Crippen molar-refractivity contribution in [2.24, 2.45) is 0 Å². The van der Waals surface area contributed by atoms with Gasteiger partial charge in [0.05, 0.1) is 23.0 Å². The Hall–Kier alpha value is -3.83. The van der Waals surface area contributed by atoms with Gasteiger partial charge >= 0.3 is 12.1 Å². The van der Waals surface area contributed by atoms with E-state index in [1.165, 1.54) is 16.9 Å². The van der Waals surface area contributed by atoms with Gasteiger partial charge in [-0.05, 0) is 37.5 Å². The maximum atomic E-state index is 14.7. The van der Waals surface area contributed by atoms with Crippen molar-refractivity contribution in [3.8, 4) is 22.8 Å². The van der Waals surface area contributed by atoms with Crippen molar-refractivity contribution in [1.82, 2.24) is 29.7 Å². The van der Waals surface area contributed by atoms with E-state index >= 15 is 0 Å². The minimum absolute atomic E-state index is 0.113. The fraction of sp³-hybridized carbons (Fsp3) is 0.286. The number of alkyl halides is 3. The molecule has 1 aliphatic rings. The summed E-state index contributed by atoms with van der Waals surface area (Å²) in [6.45, 7) is 1.39. The lowest BCUT2D eigenvalue weighted by Crippen LogP contribution is -2.35. The number of carbonyl (C=O) groups is 1. The second kappa shape index (κ2) is 7.94. The summed E-state index contributed by atoms with van der Waals surface area (Å²) in [6.07, 6.45) is 0.901. The van der Waals surface area contributed by atoms with Crippen LogP contribution in [0, 0.1) is 5.82 Å². The maximum absolute atomic E-state index is 14.7. The first kappa shape index (κ1) is 21.0. The minimum atomic E-state index is -4.85. The molecule has 0 spiro atoms. The topological polar surface area (TPSA) is 89.4 Å². The van der Waals surface area contributed by atoms with E-state index in [0.717, 1.165) is 25.3 Å². The van der Waals surface area contributed by atoms with Crippen LogP contribution in [0.4, 0.5) is 17.6 Å². The third-order valence-corrected chi connectivity index (χ3v) is 5.42. The lowest BCUT2D eigenvalue weighted by molar-refractivity contribution is -0.157. The first-order chi connectivity index (χ1) is 15.8.